The van der Waals surface area contributed by atoms with Gasteiger partial charge in [-0.15, -0.1) is 0 Å². The van der Waals surface area contributed by atoms with Crippen LogP contribution in [0.2, 0.25) is 0 Å². The van der Waals surface area contributed by atoms with Gasteiger partial charge < -0.3 is 15.2 Å². The first-order valence-electron chi connectivity index (χ1n) is 6.46. The number of nitrogens with two attached hydrogens (primary N) is 1. The Labute approximate surface area is 110 Å². The average Bonchev–Trinajstić information content (AvgIpc) is 2.34. The van der Waals surface area contributed by atoms with Gasteiger partial charge in [0.15, 0.2) is 0 Å². The average molecular weight is 251 g/mol. The van der Waals surface area contributed by atoms with Crippen molar-refractivity contribution in [3.63, 3.8) is 0 Å². The summed E-state index contributed by atoms with van der Waals surface area (Å²) in [4.78, 5) is 0. The Balaban J connectivity index is 2.25. The molecule has 0 heterocycles. The van der Waals surface area contributed by atoms with Gasteiger partial charge in [-0.05, 0) is 42.5 Å². The van der Waals surface area contributed by atoms with Crippen LogP contribution in [0.5, 0.6) is 11.5 Å². The Kier molecular flexibility index (Phi) is 5.48. The maximum absolute atomic E-state index is 6.10. The summed E-state index contributed by atoms with van der Waals surface area (Å²) in [5.41, 5.74) is 6.26. The van der Waals surface area contributed by atoms with Gasteiger partial charge in [0.2, 0.25) is 0 Å². The fraction of sp³-hybridized carbons (Fsp3) is 0.600. The lowest BCUT2D eigenvalue weighted by atomic mass is 9.85. The lowest BCUT2D eigenvalue weighted by molar-refractivity contribution is 0.260. The van der Waals surface area contributed by atoms with E-state index in [0.29, 0.717) is 6.61 Å². The number of methoxy groups -OCH3 is 1. The molecule has 0 saturated carbocycles. The first-order valence-corrected chi connectivity index (χ1v) is 6.46. The second-order valence-corrected chi connectivity index (χ2v) is 5.64. The maximum atomic E-state index is 6.10. The minimum absolute atomic E-state index is 0.167. The van der Waals surface area contributed by atoms with Gasteiger partial charge in [0, 0.05) is 6.04 Å². The SMILES string of the molecule is COc1ccc(OCCCC(N)C(C)(C)C)cc1. The van der Waals surface area contributed by atoms with Crippen molar-refractivity contribution in [2.24, 2.45) is 11.1 Å². The van der Waals surface area contributed by atoms with Crippen molar-refractivity contribution in [2.75, 3.05) is 13.7 Å². The van der Waals surface area contributed by atoms with Crippen LogP contribution in [0.4, 0.5) is 0 Å². The Bertz CT molecular complexity index is 341. The van der Waals surface area contributed by atoms with Crippen LogP contribution in [0.3, 0.4) is 0 Å². The Morgan fingerprint density at radius 2 is 1.67 bits per heavy atom. The Morgan fingerprint density at radius 3 is 2.17 bits per heavy atom. The zero-order valence-corrected chi connectivity index (χ0v) is 11.9. The lowest BCUT2D eigenvalue weighted by Crippen LogP contribution is -2.35. The second-order valence-electron chi connectivity index (χ2n) is 5.64. The van der Waals surface area contributed by atoms with Gasteiger partial charge in [-0.25, -0.2) is 0 Å². The maximum Gasteiger partial charge on any atom is 0.119 e. The van der Waals surface area contributed by atoms with Crippen molar-refractivity contribution in [2.45, 2.75) is 39.7 Å². The zero-order valence-electron chi connectivity index (χ0n) is 11.9. The molecule has 3 heteroatoms. The highest BCUT2D eigenvalue weighted by molar-refractivity contribution is 5.31. The number of ether oxygens (including phenoxy) is 2. The molecule has 1 atom stereocenters. The Morgan fingerprint density at radius 1 is 1.11 bits per heavy atom. The van der Waals surface area contributed by atoms with Crippen molar-refractivity contribution in [3.05, 3.63) is 24.3 Å². The van der Waals surface area contributed by atoms with Crippen LogP contribution in [0.1, 0.15) is 33.6 Å². The van der Waals surface area contributed by atoms with Crippen molar-refractivity contribution in [1.82, 2.24) is 0 Å². The first kappa shape index (κ1) is 14.8. The molecular weight excluding hydrogens is 226 g/mol. The summed E-state index contributed by atoms with van der Waals surface area (Å²) in [6, 6.07) is 7.86. The highest BCUT2D eigenvalue weighted by atomic mass is 16.5. The van der Waals surface area contributed by atoms with E-state index in [-0.39, 0.29) is 11.5 Å². The van der Waals surface area contributed by atoms with Crippen LogP contribution in [-0.2, 0) is 0 Å². The molecule has 0 aromatic heterocycles. The standard InChI is InChI=1S/C15H25NO2/c1-15(2,3)14(16)6-5-11-18-13-9-7-12(17-4)8-10-13/h7-10,14H,5-6,11,16H2,1-4H3. The first-order chi connectivity index (χ1) is 8.43. The molecule has 0 aliphatic rings. The van der Waals surface area contributed by atoms with E-state index in [1.54, 1.807) is 7.11 Å². The molecule has 18 heavy (non-hydrogen) atoms. The highest BCUT2D eigenvalue weighted by Gasteiger charge is 2.19. The third-order valence-electron chi connectivity index (χ3n) is 3.10. The predicted molar refractivity (Wildman–Crippen MR) is 75.2 cm³/mol. The van der Waals surface area contributed by atoms with E-state index in [1.807, 2.05) is 24.3 Å². The molecule has 0 amide bonds. The van der Waals surface area contributed by atoms with E-state index < -0.39 is 0 Å². The van der Waals surface area contributed by atoms with Crippen LogP contribution in [0.15, 0.2) is 24.3 Å². The fourth-order valence-corrected chi connectivity index (χ4v) is 1.60. The molecule has 0 aliphatic carbocycles. The van der Waals surface area contributed by atoms with E-state index in [0.717, 1.165) is 24.3 Å². The molecule has 1 unspecified atom stereocenters. The van der Waals surface area contributed by atoms with Crippen molar-refractivity contribution < 1.29 is 9.47 Å². The van der Waals surface area contributed by atoms with Gasteiger partial charge in [-0.1, -0.05) is 20.8 Å². The molecule has 1 aromatic carbocycles. The monoisotopic (exact) mass is 251 g/mol. The van der Waals surface area contributed by atoms with Crippen LogP contribution < -0.4 is 15.2 Å². The molecule has 3 nitrogen and oxygen atoms in total. The molecule has 1 aromatic rings. The van der Waals surface area contributed by atoms with Crippen molar-refractivity contribution in [1.29, 1.82) is 0 Å². The predicted octanol–water partition coefficient (Wildman–Crippen LogP) is 3.23. The fourth-order valence-electron chi connectivity index (χ4n) is 1.60. The minimum atomic E-state index is 0.167. The summed E-state index contributed by atoms with van der Waals surface area (Å²) in [5.74, 6) is 1.72. The molecule has 0 radical (unpaired) electrons. The van der Waals surface area contributed by atoms with Crippen LogP contribution in [0.25, 0.3) is 0 Å². The summed E-state index contributed by atoms with van der Waals surface area (Å²) < 4.78 is 10.7. The summed E-state index contributed by atoms with van der Waals surface area (Å²) in [7, 11) is 1.66. The summed E-state index contributed by atoms with van der Waals surface area (Å²) in [5, 5.41) is 0. The zero-order chi connectivity index (χ0) is 13.6. The second kappa shape index (κ2) is 6.64. The third kappa shape index (κ3) is 4.96. The van der Waals surface area contributed by atoms with Crippen molar-refractivity contribution >= 4 is 0 Å². The van der Waals surface area contributed by atoms with Crippen LogP contribution >= 0.6 is 0 Å². The summed E-state index contributed by atoms with van der Waals surface area (Å²) in [6.07, 6.45) is 1.96. The van der Waals surface area contributed by atoms with Gasteiger partial charge in [0.05, 0.1) is 13.7 Å². The molecule has 0 spiro atoms. The van der Waals surface area contributed by atoms with E-state index in [1.165, 1.54) is 0 Å². The van der Waals surface area contributed by atoms with Gasteiger partial charge >= 0.3 is 0 Å². The Hall–Kier alpha value is -1.22. The number of benzene rings is 1. The van der Waals surface area contributed by atoms with E-state index >= 15 is 0 Å². The molecule has 0 bridgehead atoms. The summed E-state index contributed by atoms with van der Waals surface area (Å²) in [6.45, 7) is 7.21. The van der Waals surface area contributed by atoms with Crippen LogP contribution in [0, 0.1) is 5.41 Å². The van der Waals surface area contributed by atoms with E-state index in [4.69, 9.17) is 15.2 Å². The molecule has 1 rings (SSSR count). The molecule has 102 valence electrons. The van der Waals surface area contributed by atoms with Gasteiger partial charge in [-0.2, -0.15) is 0 Å². The quantitative estimate of drug-likeness (QED) is 0.789. The van der Waals surface area contributed by atoms with E-state index in [2.05, 4.69) is 20.8 Å². The third-order valence-corrected chi connectivity index (χ3v) is 3.10. The topological polar surface area (TPSA) is 44.5 Å². The minimum Gasteiger partial charge on any atom is -0.497 e. The lowest BCUT2D eigenvalue weighted by Gasteiger charge is -2.26. The smallest absolute Gasteiger partial charge is 0.119 e. The molecule has 0 aliphatic heterocycles. The highest BCUT2D eigenvalue weighted by Crippen LogP contribution is 2.21. The molecule has 0 fully saturated rings. The van der Waals surface area contributed by atoms with Gasteiger partial charge in [0.25, 0.3) is 0 Å². The molecular formula is C15H25NO2. The van der Waals surface area contributed by atoms with E-state index in [9.17, 15) is 0 Å². The number of rotatable bonds is 6. The molecule has 2 N–H and O–H groups in total. The number of hydrogen-bond acceptors (Lipinski definition) is 3. The number of hydrogen-bond donors (Lipinski definition) is 1. The normalized spacial score (nSPS) is 13.2. The largest absolute Gasteiger partial charge is 0.497 e. The van der Waals surface area contributed by atoms with Crippen molar-refractivity contribution in [3.8, 4) is 11.5 Å². The van der Waals surface area contributed by atoms with Gasteiger partial charge in [-0.3, -0.25) is 0 Å². The van der Waals surface area contributed by atoms with Crippen LogP contribution in [-0.4, -0.2) is 19.8 Å². The summed E-state index contributed by atoms with van der Waals surface area (Å²) >= 11 is 0. The molecule has 0 saturated heterocycles. The van der Waals surface area contributed by atoms with Gasteiger partial charge in [0.1, 0.15) is 11.5 Å².